The molecule has 1 aliphatic rings. The lowest BCUT2D eigenvalue weighted by atomic mass is 10.2. The maximum Gasteiger partial charge on any atom is 0.280 e. The molecule has 2 N–H and O–H groups in total. The molecule has 2 heterocycles. The molecule has 0 saturated carbocycles. The second-order valence-electron chi connectivity index (χ2n) is 6.34. The quantitative estimate of drug-likeness (QED) is 0.413. The average Bonchev–Trinajstić information content (AvgIpc) is 3.10. The summed E-state index contributed by atoms with van der Waals surface area (Å²) in [5.41, 5.74) is 2.19. The molecule has 0 atom stereocenters. The molecule has 1 saturated heterocycles. The molecular formula is C19H17ClN4O2S. The number of hydrogen-bond acceptors (Lipinski definition) is 5. The first-order valence-corrected chi connectivity index (χ1v) is 9.89. The zero-order valence-corrected chi connectivity index (χ0v) is 16.0. The Bertz CT molecular complexity index is 1080. The van der Waals surface area contributed by atoms with Crippen molar-refractivity contribution in [2.75, 3.05) is 17.3 Å². The molecule has 0 bridgehead atoms. The van der Waals surface area contributed by atoms with Gasteiger partial charge >= 0.3 is 0 Å². The number of thioether (sulfide) groups is 1. The third-order valence-electron chi connectivity index (χ3n) is 4.52. The highest BCUT2D eigenvalue weighted by atomic mass is 35.5. The van der Waals surface area contributed by atoms with Crippen LogP contribution in [0.3, 0.4) is 0 Å². The van der Waals surface area contributed by atoms with Crippen LogP contribution in [0.25, 0.3) is 10.9 Å². The molecule has 0 unspecified atom stereocenters. The van der Waals surface area contributed by atoms with Gasteiger partial charge < -0.3 is 10.7 Å². The van der Waals surface area contributed by atoms with E-state index >= 15 is 0 Å². The fourth-order valence-corrected chi connectivity index (χ4v) is 4.13. The van der Waals surface area contributed by atoms with Gasteiger partial charge in [-0.2, -0.15) is 0 Å². The minimum Gasteiger partial charge on any atom is -0.334 e. The van der Waals surface area contributed by atoms with Gasteiger partial charge in [-0.05, 0) is 42.3 Å². The Labute approximate surface area is 164 Å². The lowest BCUT2D eigenvalue weighted by molar-refractivity contribution is -0.117. The summed E-state index contributed by atoms with van der Waals surface area (Å²) in [5.74, 6) is 6.69. The van der Waals surface area contributed by atoms with Gasteiger partial charge in [0.15, 0.2) is 5.16 Å². The van der Waals surface area contributed by atoms with Gasteiger partial charge in [-0.1, -0.05) is 35.5 Å². The summed E-state index contributed by atoms with van der Waals surface area (Å²) >= 11 is 7.38. The van der Waals surface area contributed by atoms with Crippen LogP contribution in [0.15, 0.2) is 52.4 Å². The number of fused-ring (bicyclic) bond motifs is 1. The molecule has 1 aromatic heterocycles. The first-order valence-electron chi connectivity index (χ1n) is 8.52. The van der Waals surface area contributed by atoms with Crippen LogP contribution in [0, 0.1) is 0 Å². The van der Waals surface area contributed by atoms with E-state index in [4.69, 9.17) is 17.4 Å². The maximum atomic E-state index is 12.4. The lowest BCUT2D eigenvalue weighted by Crippen LogP contribution is -2.29. The van der Waals surface area contributed by atoms with Gasteiger partial charge in [0.1, 0.15) is 0 Å². The van der Waals surface area contributed by atoms with E-state index in [0.29, 0.717) is 33.3 Å². The first kappa shape index (κ1) is 17.9. The van der Waals surface area contributed by atoms with Crippen molar-refractivity contribution in [3.8, 4) is 0 Å². The van der Waals surface area contributed by atoms with E-state index in [1.54, 1.807) is 18.2 Å². The summed E-state index contributed by atoms with van der Waals surface area (Å²) in [6.07, 6.45) is 1.52. The van der Waals surface area contributed by atoms with E-state index < -0.39 is 0 Å². The van der Waals surface area contributed by atoms with Gasteiger partial charge in [-0.15, -0.1) is 0 Å². The number of rotatable bonds is 4. The molecule has 1 aliphatic heterocycles. The summed E-state index contributed by atoms with van der Waals surface area (Å²) in [4.78, 5) is 30.5. The number of carbonyl (C=O) groups is 1. The average molecular weight is 401 g/mol. The van der Waals surface area contributed by atoms with E-state index in [-0.39, 0.29) is 11.5 Å². The third-order valence-corrected chi connectivity index (χ3v) is 5.78. The first-order chi connectivity index (χ1) is 13.0. The highest BCUT2D eigenvalue weighted by Crippen LogP contribution is 2.25. The molecule has 4 rings (SSSR count). The number of benzene rings is 2. The number of amides is 1. The van der Waals surface area contributed by atoms with Crippen LogP contribution in [-0.2, 0) is 10.5 Å². The maximum absolute atomic E-state index is 12.4. The molecule has 8 heteroatoms. The number of halogens is 1. The molecule has 0 aliphatic carbocycles. The van der Waals surface area contributed by atoms with Gasteiger partial charge in [0.2, 0.25) is 5.91 Å². The van der Waals surface area contributed by atoms with Crippen molar-refractivity contribution in [3.63, 3.8) is 0 Å². The zero-order valence-electron chi connectivity index (χ0n) is 14.4. The highest BCUT2D eigenvalue weighted by molar-refractivity contribution is 7.98. The number of nitrogen functional groups attached to an aromatic ring is 1. The second-order valence-corrected chi connectivity index (χ2v) is 7.71. The largest absolute Gasteiger partial charge is 0.334 e. The Balaban J connectivity index is 1.54. The van der Waals surface area contributed by atoms with Crippen LogP contribution < -0.4 is 16.3 Å². The van der Waals surface area contributed by atoms with Gasteiger partial charge in [-0.25, -0.2) is 9.66 Å². The minimum atomic E-state index is -0.304. The van der Waals surface area contributed by atoms with Gasteiger partial charge in [0, 0.05) is 29.4 Å². The van der Waals surface area contributed by atoms with Crippen LogP contribution >= 0.6 is 23.4 Å². The zero-order chi connectivity index (χ0) is 19.0. The molecule has 0 radical (unpaired) electrons. The van der Waals surface area contributed by atoms with Crippen LogP contribution in [0.2, 0.25) is 5.02 Å². The molecule has 6 nitrogen and oxygen atoms in total. The molecular weight excluding hydrogens is 384 g/mol. The Hall–Kier alpha value is -2.51. The van der Waals surface area contributed by atoms with E-state index in [1.165, 1.54) is 11.8 Å². The van der Waals surface area contributed by atoms with Crippen LogP contribution in [0.4, 0.5) is 5.69 Å². The third kappa shape index (κ3) is 3.52. The Morgan fingerprint density at radius 3 is 2.63 bits per heavy atom. The lowest BCUT2D eigenvalue weighted by Gasteiger charge is -2.16. The number of aromatic nitrogens is 2. The van der Waals surface area contributed by atoms with E-state index in [0.717, 1.165) is 28.9 Å². The summed E-state index contributed by atoms with van der Waals surface area (Å²) in [5, 5.41) is 1.38. The van der Waals surface area contributed by atoms with Crippen molar-refractivity contribution in [3.05, 3.63) is 63.4 Å². The number of hydrogen-bond donors (Lipinski definition) is 1. The Morgan fingerprint density at radius 2 is 1.93 bits per heavy atom. The van der Waals surface area contributed by atoms with Gasteiger partial charge in [-0.3, -0.25) is 9.59 Å². The van der Waals surface area contributed by atoms with Crippen molar-refractivity contribution in [1.82, 2.24) is 9.66 Å². The number of nitrogens with two attached hydrogens (primary N) is 1. The summed E-state index contributed by atoms with van der Waals surface area (Å²) in [6, 6.07) is 12.8. The molecule has 1 fully saturated rings. The van der Waals surface area contributed by atoms with Crippen LogP contribution in [0.5, 0.6) is 0 Å². The highest BCUT2D eigenvalue weighted by Gasteiger charge is 2.21. The predicted octanol–water partition coefficient (Wildman–Crippen LogP) is 3.18. The number of carbonyl (C=O) groups excluding carboxylic acids is 1. The van der Waals surface area contributed by atoms with Crippen molar-refractivity contribution >= 4 is 45.9 Å². The minimum absolute atomic E-state index is 0.170. The fraction of sp³-hybridized carbons (Fsp3) is 0.211. The van der Waals surface area contributed by atoms with Crippen LogP contribution in [-0.4, -0.2) is 22.1 Å². The summed E-state index contributed by atoms with van der Waals surface area (Å²) in [7, 11) is 0. The molecule has 2 aromatic carbocycles. The molecule has 27 heavy (non-hydrogen) atoms. The number of anilines is 1. The van der Waals surface area contributed by atoms with E-state index in [1.807, 2.05) is 29.2 Å². The van der Waals surface area contributed by atoms with Crippen LogP contribution in [0.1, 0.15) is 18.4 Å². The SMILES string of the molecule is Nn1c(SCc2ccc(N3CCCC3=O)cc2)nc2cc(Cl)ccc2c1=O. The normalized spacial score (nSPS) is 14.3. The van der Waals surface area contributed by atoms with Crippen molar-refractivity contribution in [1.29, 1.82) is 0 Å². The summed E-state index contributed by atoms with van der Waals surface area (Å²) in [6.45, 7) is 0.774. The smallest absolute Gasteiger partial charge is 0.280 e. The van der Waals surface area contributed by atoms with Crippen molar-refractivity contribution in [2.45, 2.75) is 23.8 Å². The summed E-state index contributed by atoms with van der Waals surface area (Å²) < 4.78 is 1.07. The predicted molar refractivity (Wildman–Crippen MR) is 109 cm³/mol. The van der Waals surface area contributed by atoms with Crippen molar-refractivity contribution < 1.29 is 4.79 Å². The molecule has 138 valence electrons. The monoisotopic (exact) mass is 400 g/mol. The fourth-order valence-electron chi connectivity index (χ4n) is 3.09. The Morgan fingerprint density at radius 1 is 1.15 bits per heavy atom. The van der Waals surface area contributed by atoms with Gasteiger partial charge in [0.25, 0.3) is 5.56 Å². The Kier molecular flexibility index (Phi) is 4.80. The topological polar surface area (TPSA) is 81.2 Å². The second kappa shape index (κ2) is 7.25. The van der Waals surface area contributed by atoms with E-state index in [2.05, 4.69) is 4.98 Å². The van der Waals surface area contributed by atoms with E-state index in [9.17, 15) is 9.59 Å². The van der Waals surface area contributed by atoms with Gasteiger partial charge in [0.05, 0.1) is 10.9 Å². The number of nitrogens with zero attached hydrogens (tertiary/aromatic N) is 3. The molecule has 1 amide bonds. The molecule has 3 aromatic rings. The standard InChI is InChI=1S/C19H17ClN4O2S/c20-13-5-8-15-16(10-13)22-19(24(21)18(15)26)27-11-12-3-6-14(7-4-12)23-9-1-2-17(23)25/h3-8,10H,1-2,9,11,21H2. The van der Waals surface area contributed by atoms with Crippen molar-refractivity contribution in [2.24, 2.45) is 0 Å². The molecule has 0 spiro atoms.